The molecule has 4 rings (SSSR count). The monoisotopic (exact) mass is 596 g/mol. The maximum Gasteiger partial charge on any atom is 0.269 e. The lowest BCUT2D eigenvalue weighted by Crippen LogP contribution is -2.53. The molecule has 42 heavy (non-hydrogen) atoms. The molecule has 3 aromatic rings. The molecule has 0 radical (unpaired) electrons. The Hall–Kier alpha value is -4.32. The number of rotatable bonds is 11. The first kappa shape index (κ1) is 30.6. The number of carbonyl (C=O) groups is 2. The average Bonchev–Trinajstić information content (AvgIpc) is 3.00. The maximum atomic E-state index is 13.9. The number of anilines is 1. The summed E-state index contributed by atoms with van der Waals surface area (Å²) in [6.45, 7) is 0.816. The van der Waals surface area contributed by atoms with Crippen molar-refractivity contribution in [3.05, 3.63) is 100 Å². The van der Waals surface area contributed by atoms with E-state index in [1.165, 1.54) is 53.4 Å². The summed E-state index contributed by atoms with van der Waals surface area (Å²) >= 11 is 0. The number of hydrogen-bond donors (Lipinski definition) is 1. The van der Waals surface area contributed by atoms with Gasteiger partial charge < -0.3 is 10.2 Å². The van der Waals surface area contributed by atoms with Crippen LogP contribution < -0.4 is 9.62 Å². The zero-order chi connectivity index (χ0) is 30.3. The number of carbonyl (C=O) groups excluding carboxylic acids is 2. The quantitative estimate of drug-likeness (QED) is 0.250. The van der Waals surface area contributed by atoms with E-state index >= 15 is 0 Å². The molecule has 1 unspecified atom stereocenters. The van der Waals surface area contributed by atoms with Gasteiger partial charge in [0.15, 0.2) is 0 Å². The number of halogens is 1. The molecular weight excluding hydrogens is 563 g/mol. The molecule has 1 saturated carbocycles. The average molecular weight is 597 g/mol. The molecule has 222 valence electrons. The van der Waals surface area contributed by atoms with E-state index in [1.54, 1.807) is 25.1 Å². The van der Waals surface area contributed by atoms with E-state index in [-0.39, 0.29) is 34.8 Å². The van der Waals surface area contributed by atoms with Gasteiger partial charge in [0.1, 0.15) is 18.4 Å². The highest BCUT2D eigenvalue weighted by Crippen LogP contribution is 2.27. The fourth-order valence-corrected chi connectivity index (χ4v) is 6.36. The lowest BCUT2D eigenvalue weighted by Gasteiger charge is -2.33. The van der Waals surface area contributed by atoms with Crippen molar-refractivity contribution in [2.24, 2.45) is 0 Å². The van der Waals surface area contributed by atoms with Crippen LogP contribution >= 0.6 is 0 Å². The normalized spacial score (nSPS) is 14.5. The molecule has 10 nitrogen and oxygen atoms in total. The van der Waals surface area contributed by atoms with Gasteiger partial charge in [-0.05, 0) is 61.7 Å². The van der Waals surface area contributed by atoms with E-state index in [1.807, 2.05) is 0 Å². The van der Waals surface area contributed by atoms with Crippen LogP contribution in [0.25, 0.3) is 0 Å². The Bertz CT molecular complexity index is 1500. The van der Waals surface area contributed by atoms with Crippen molar-refractivity contribution in [2.45, 2.75) is 62.6 Å². The standard InChI is InChI=1S/C30H33FN4O6S/c1-22(30(37)32-25-8-4-2-5-9-25)33(20-23-12-14-24(31)15-13-23)29(36)21-34(26-16-18-27(19-17-26)35(38)39)42(40,41)28-10-6-3-7-11-28/h3,6-7,10-19,22,25H,2,4-5,8-9,20-21H2,1H3,(H,32,37). The molecule has 1 aliphatic rings. The summed E-state index contributed by atoms with van der Waals surface area (Å²) in [6, 6.07) is 16.8. The highest BCUT2D eigenvalue weighted by atomic mass is 32.2. The topological polar surface area (TPSA) is 130 Å². The lowest BCUT2D eigenvalue weighted by atomic mass is 9.95. The second kappa shape index (κ2) is 13.6. The van der Waals surface area contributed by atoms with E-state index in [4.69, 9.17) is 0 Å². The summed E-state index contributed by atoms with van der Waals surface area (Å²) in [5, 5.41) is 14.2. The Balaban J connectivity index is 1.67. The summed E-state index contributed by atoms with van der Waals surface area (Å²) in [5.74, 6) is -1.51. The number of nitro benzene ring substituents is 1. The number of benzene rings is 3. The number of hydrogen-bond acceptors (Lipinski definition) is 6. The first-order valence-electron chi connectivity index (χ1n) is 13.7. The lowest BCUT2D eigenvalue weighted by molar-refractivity contribution is -0.384. The van der Waals surface area contributed by atoms with Crippen LogP contribution in [0.1, 0.15) is 44.6 Å². The number of nitrogens with zero attached hydrogens (tertiary/aromatic N) is 3. The third-order valence-corrected chi connectivity index (χ3v) is 9.13. The molecule has 0 bridgehead atoms. The van der Waals surface area contributed by atoms with E-state index in [0.717, 1.165) is 48.5 Å². The van der Waals surface area contributed by atoms with Gasteiger partial charge in [0.25, 0.3) is 15.7 Å². The van der Waals surface area contributed by atoms with Crippen LogP contribution in [0.15, 0.2) is 83.8 Å². The molecule has 0 aromatic heterocycles. The number of nitrogens with one attached hydrogen (secondary N) is 1. The van der Waals surface area contributed by atoms with E-state index in [2.05, 4.69) is 5.32 Å². The zero-order valence-electron chi connectivity index (χ0n) is 23.2. The molecule has 3 aromatic carbocycles. The summed E-state index contributed by atoms with van der Waals surface area (Å²) in [5.41, 5.74) is 0.349. The number of amides is 2. The SMILES string of the molecule is CC(C(=O)NC1CCCCC1)N(Cc1ccc(F)cc1)C(=O)CN(c1ccc([N+](=O)[O-])cc1)S(=O)(=O)c1ccccc1. The molecule has 0 heterocycles. The molecule has 0 saturated heterocycles. The van der Waals surface area contributed by atoms with Crippen molar-refractivity contribution >= 4 is 33.2 Å². The second-order valence-corrected chi connectivity index (χ2v) is 12.1. The largest absolute Gasteiger partial charge is 0.352 e. The molecule has 2 amide bonds. The first-order valence-corrected chi connectivity index (χ1v) is 15.2. The predicted molar refractivity (Wildman–Crippen MR) is 155 cm³/mol. The fraction of sp³-hybridized carbons (Fsp3) is 0.333. The Morgan fingerprint density at radius 1 is 0.976 bits per heavy atom. The van der Waals surface area contributed by atoms with Gasteiger partial charge in [0.05, 0.1) is 15.5 Å². The summed E-state index contributed by atoms with van der Waals surface area (Å²) in [4.78, 5) is 39.0. The summed E-state index contributed by atoms with van der Waals surface area (Å²) in [7, 11) is -4.30. The Labute approximate surface area is 244 Å². The highest BCUT2D eigenvalue weighted by molar-refractivity contribution is 7.92. The van der Waals surface area contributed by atoms with E-state index < -0.39 is 39.3 Å². The third kappa shape index (κ3) is 7.49. The molecule has 1 N–H and O–H groups in total. The Kier molecular flexibility index (Phi) is 9.89. The molecule has 0 aliphatic heterocycles. The molecular formula is C30H33FN4O6S. The molecule has 1 aliphatic carbocycles. The van der Waals surface area contributed by atoms with Gasteiger partial charge in [0.2, 0.25) is 11.8 Å². The molecule has 0 spiro atoms. The number of sulfonamides is 1. The Morgan fingerprint density at radius 3 is 2.19 bits per heavy atom. The smallest absolute Gasteiger partial charge is 0.269 e. The maximum absolute atomic E-state index is 13.9. The van der Waals surface area contributed by atoms with Crippen LogP contribution in [0.5, 0.6) is 0 Å². The number of non-ortho nitro benzene ring substituents is 1. The predicted octanol–water partition coefficient (Wildman–Crippen LogP) is 4.80. The summed E-state index contributed by atoms with van der Waals surface area (Å²) < 4.78 is 42.0. The molecule has 1 fully saturated rings. The van der Waals surface area contributed by atoms with Gasteiger partial charge in [0, 0.05) is 24.7 Å². The van der Waals surface area contributed by atoms with Crippen LogP contribution in [-0.2, 0) is 26.2 Å². The zero-order valence-corrected chi connectivity index (χ0v) is 24.0. The minimum atomic E-state index is -4.30. The number of nitro groups is 1. The van der Waals surface area contributed by atoms with Gasteiger partial charge in [-0.25, -0.2) is 12.8 Å². The second-order valence-electron chi connectivity index (χ2n) is 10.3. The van der Waals surface area contributed by atoms with Gasteiger partial charge in [-0.2, -0.15) is 0 Å². The van der Waals surface area contributed by atoms with Crippen molar-refractivity contribution in [1.29, 1.82) is 0 Å². The summed E-state index contributed by atoms with van der Waals surface area (Å²) in [6.07, 6.45) is 4.78. The fourth-order valence-electron chi connectivity index (χ4n) is 4.93. The van der Waals surface area contributed by atoms with Gasteiger partial charge in [-0.3, -0.25) is 24.0 Å². The minimum Gasteiger partial charge on any atom is -0.352 e. The van der Waals surface area contributed by atoms with Crippen LogP contribution in [0.3, 0.4) is 0 Å². The Morgan fingerprint density at radius 2 is 1.60 bits per heavy atom. The van der Waals surface area contributed by atoms with Gasteiger partial charge in [-0.1, -0.05) is 49.6 Å². The van der Waals surface area contributed by atoms with Crippen LogP contribution in [-0.4, -0.2) is 48.7 Å². The van der Waals surface area contributed by atoms with Crippen molar-refractivity contribution in [3.8, 4) is 0 Å². The molecule has 1 atom stereocenters. The van der Waals surface area contributed by atoms with Crippen molar-refractivity contribution in [1.82, 2.24) is 10.2 Å². The first-order chi connectivity index (χ1) is 20.1. The van der Waals surface area contributed by atoms with E-state index in [9.17, 15) is 32.5 Å². The van der Waals surface area contributed by atoms with Crippen molar-refractivity contribution in [3.63, 3.8) is 0 Å². The minimum absolute atomic E-state index is 0.00783. The third-order valence-electron chi connectivity index (χ3n) is 7.34. The van der Waals surface area contributed by atoms with Crippen molar-refractivity contribution in [2.75, 3.05) is 10.8 Å². The van der Waals surface area contributed by atoms with E-state index in [0.29, 0.717) is 5.56 Å². The van der Waals surface area contributed by atoms with Crippen molar-refractivity contribution < 1.29 is 27.3 Å². The van der Waals surface area contributed by atoms with Crippen LogP contribution in [0.2, 0.25) is 0 Å². The molecule has 12 heteroatoms. The van der Waals surface area contributed by atoms with Gasteiger partial charge >= 0.3 is 0 Å². The van der Waals surface area contributed by atoms with Crippen LogP contribution in [0.4, 0.5) is 15.8 Å². The van der Waals surface area contributed by atoms with Gasteiger partial charge in [-0.15, -0.1) is 0 Å². The van der Waals surface area contributed by atoms with Crippen LogP contribution in [0, 0.1) is 15.9 Å². The highest BCUT2D eigenvalue weighted by Gasteiger charge is 2.33.